The summed E-state index contributed by atoms with van der Waals surface area (Å²) >= 11 is 0. The number of hydrogen-bond acceptors (Lipinski definition) is 6. The van der Waals surface area contributed by atoms with Gasteiger partial charge in [-0.2, -0.15) is 4.98 Å². The fourth-order valence-corrected chi connectivity index (χ4v) is 3.29. The van der Waals surface area contributed by atoms with Crippen molar-refractivity contribution in [2.75, 3.05) is 7.11 Å². The van der Waals surface area contributed by atoms with Crippen molar-refractivity contribution in [3.63, 3.8) is 0 Å². The lowest BCUT2D eigenvalue weighted by atomic mass is 10.1. The van der Waals surface area contributed by atoms with Crippen LogP contribution in [0.25, 0.3) is 33.5 Å². The maximum absolute atomic E-state index is 6.05. The van der Waals surface area contributed by atoms with Crippen LogP contribution in [0, 0.1) is 0 Å². The minimum atomic E-state index is 0.207. The Morgan fingerprint density at radius 2 is 1.58 bits per heavy atom. The van der Waals surface area contributed by atoms with E-state index in [4.69, 9.17) is 14.0 Å². The molecule has 6 nitrogen and oxygen atoms in total. The maximum Gasteiger partial charge on any atom is 0.225 e. The fraction of sp³-hybridized carbons (Fsp3) is 0.0800. The SMILES string of the molecule is COc1ccc(-c2cc(COc3nc(-c4ccccc4)nc4ccccc34)on2)cc1. The third-order valence-electron chi connectivity index (χ3n) is 4.90. The van der Waals surface area contributed by atoms with Gasteiger partial charge in [0.15, 0.2) is 18.2 Å². The molecule has 0 aliphatic carbocycles. The molecule has 5 rings (SSSR count). The zero-order chi connectivity index (χ0) is 21.0. The zero-order valence-electron chi connectivity index (χ0n) is 16.9. The molecule has 0 aliphatic rings. The van der Waals surface area contributed by atoms with E-state index < -0.39 is 0 Å². The quantitative estimate of drug-likeness (QED) is 0.367. The van der Waals surface area contributed by atoms with E-state index in [1.54, 1.807) is 7.11 Å². The van der Waals surface area contributed by atoms with Crippen LogP contribution in [0.4, 0.5) is 0 Å². The number of aromatic nitrogens is 3. The van der Waals surface area contributed by atoms with Crippen LogP contribution in [0.2, 0.25) is 0 Å². The number of nitrogens with zero attached hydrogens (tertiary/aromatic N) is 3. The van der Waals surface area contributed by atoms with Crippen LogP contribution in [-0.2, 0) is 6.61 Å². The van der Waals surface area contributed by atoms with Crippen LogP contribution >= 0.6 is 0 Å². The molecule has 152 valence electrons. The van der Waals surface area contributed by atoms with Crippen molar-refractivity contribution in [1.82, 2.24) is 15.1 Å². The van der Waals surface area contributed by atoms with E-state index in [2.05, 4.69) is 15.1 Å². The van der Waals surface area contributed by atoms with Crippen molar-refractivity contribution in [2.45, 2.75) is 6.61 Å². The van der Waals surface area contributed by atoms with Crippen LogP contribution < -0.4 is 9.47 Å². The number of hydrogen-bond donors (Lipinski definition) is 0. The molecule has 0 aliphatic heterocycles. The molecule has 0 N–H and O–H groups in total. The van der Waals surface area contributed by atoms with E-state index in [-0.39, 0.29) is 6.61 Å². The van der Waals surface area contributed by atoms with Crippen molar-refractivity contribution >= 4 is 10.9 Å². The van der Waals surface area contributed by atoms with Crippen LogP contribution in [0.5, 0.6) is 11.6 Å². The number of ether oxygens (including phenoxy) is 2. The van der Waals surface area contributed by atoms with Crippen molar-refractivity contribution in [1.29, 1.82) is 0 Å². The van der Waals surface area contributed by atoms with Gasteiger partial charge in [0.2, 0.25) is 5.88 Å². The van der Waals surface area contributed by atoms with E-state index in [0.717, 1.165) is 33.5 Å². The number of para-hydroxylation sites is 1. The topological polar surface area (TPSA) is 70.3 Å². The molecule has 0 atom stereocenters. The molecule has 6 heteroatoms. The van der Waals surface area contributed by atoms with Gasteiger partial charge in [0, 0.05) is 17.2 Å². The van der Waals surface area contributed by atoms with E-state index in [0.29, 0.717) is 17.5 Å². The number of benzene rings is 3. The normalized spacial score (nSPS) is 10.9. The first-order valence-corrected chi connectivity index (χ1v) is 9.85. The Morgan fingerprint density at radius 1 is 0.806 bits per heavy atom. The van der Waals surface area contributed by atoms with E-state index in [1.807, 2.05) is 84.9 Å². The highest BCUT2D eigenvalue weighted by Gasteiger charge is 2.13. The number of fused-ring (bicyclic) bond motifs is 1. The zero-order valence-corrected chi connectivity index (χ0v) is 16.9. The molecular weight excluding hydrogens is 390 g/mol. The highest BCUT2D eigenvalue weighted by molar-refractivity contribution is 5.85. The molecule has 5 aromatic rings. The summed E-state index contributed by atoms with van der Waals surface area (Å²) in [6.45, 7) is 0.207. The standard InChI is InChI=1S/C25H19N3O3/c1-29-19-13-11-17(12-14-19)23-15-20(31-28-23)16-30-25-21-9-5-6-10-22(21)26-24(27-25)18-7-3-2-4-8-18/h2-15H,16H2,1H3. The molecule has 0 amide bonds. The molecule has 3 aromatic carbocycles. The second-order valence-corrected chi connectivity index (χ2v) is 6.93. The lowest BCUT2D eigenvalue weighted by Crippen LogP contribution is -2.00. The second kappa shape index (κ2) is 8.28. The third kappa shape index (κ3) is 3.96. The molecule has 0 bridgehead atoms. The molecule has 0 spiro atoms. The first-order valence-electron chi connectivity index (χ1n) is 9.85. The average Bonchev–Trinajstić information content (AvgIpc) is 3.32. The van der Waals surface area contributed by atoms with Gasteiger partial charge in [0.1, 0.15) is 11.4 Å². The summed E-state index contributed by atoms with van der Waals surface area (Å²) in [6, 6.07) is 27.1. The molecule has 2 aromatic heterocycles. The Morgan fingerprint density at radius 3 is 2.39 bits per heavy atom. The first kappa shape index (κ1) is 18.8. The summed E-state index contributed by atoms with van der Waals surface area (Å²) in [4.78, 5) is 9.34. The summed E-state index contributed by atoms with van der Waals surface area (Å²) < 4.78 is 16.7. The lowest BCUT2D eigenvalue weighted by molar-refractivity contribution is 0.244. The summed E-state index contributed by atoms with van der Waals surface area (Å²) in [6.07, 6.45) is 0. The molecule has 0 saturated carbocycles. The largest absolute Gasteiger partial charge is 0.497 e. The van der Waals surface area contributed by atoms with Gasteiger partial charge in [0.25, 0.3) is 0 Å². The van der Waals surface area contributed by atoms with Crippen molar-refractivity contribution in [3.8, 4) is 34.3 Å². The third-order valence-corrected chi connectivity index (χ3v) is 4.90. The Balaban J connectivity index is 1.41. The first-order chi connectivity index (χ1) is 15.3. The molecular formula is C25H19N3O3. The van der Waals surface area contributed by atoms with Gasteiger partial charge in [-0.05, 0) is 36.4 Å². The lowest BCUT2D eigenvalue weighted by Gasteiger charge is -2.09. The number of rotatable bonds is 6. The molecule has 0 unspecified atom stereocenters. The van der Waals surface area contributed by atoms with Gasteiger partial charge in [0.05, 0.1) is 18.0 Å². The molecule has 31 heavy (non-hydrogen) atoms. The van der Waals surface area contributed by atoms with Crippen LogP contribution in [0.1, 0.15) is 5.76 Å². The fourth-order valence-electron chi connectivity index (χ4n) is 3.29. The summed E-state index contributed by atoms with van der Waals surface area (Å²) in [5, 5.41) is 5.00. The van der Waals surface area contributed by atoms with Gasteiger partial charge >= 0.3 is 0 Å². The molecule has 0 saturated heterocycles. The smallest absolute Gasteiger partial charge is 0.225 e. The van der Waals surface area contributed by atoms with E-state index in [9.17, 15) is 0 Å². The van der Waals surface area contributed by atoms with Gasteiger partial charge < -0.3 is 14.0 Å². The van der Waals surface area contributed by atoms with Crippen molar-refractivity contribution in [3.05, 3.63) is 90.7 Å². The van der Waals surface area contributed by atoms with Gasteiger partial charge in [-0.15, -0.1) is 0 Å². The summed E-state index contributed by atoms with van der Waals surface area (Å²) in [5.41, 5.74) is 3.43. The Bertz CT molecular complexity index is 1320. The average molecular weight is 409 g/mol. The predicted octanol–water partition coefficient (Wildman–Crippen LogP) is 5.54. The van der Waals surface area contributed by atoms with Crippen molar-refractivity contribution < 1.29 is 14.0 Å². The van der Waals surface area contributed by atoms with E-state index >= 15 is 0 Å². The monoisotopic (exact) mass is 409 g/mol. The molecule has 0 radical (unpaired) electrons. The second-order valence-electron chi connectivity index (χ2n) is 6.93. The van der Waals surface area contributed by atoms with Gasteiger partial charge in [-0.1, -0.05) is 47.6 Å². The maximum atomic E-state index is 6.05. The minimum Gasteiger partial charge on any atom is -0.497 e. The number of methoxy groups -OCH3 is 1. The molecule has 0 fully saturated rings. The van der Waals surface area contributed by atoms with Crippen LogP contribution in [0.15, 0.2) is 89.5 Å². The van der Waals surface area contributed by atoms with Crippen LogP contribution in [0.3, 0.4) is 0 Å². The van der Waals surface area contributed by atoms with Gasteiger partial charge in [-0.25, -0.2) is 4.98 Å². The Labute approximate surface area is 179 Å². The highest BCUT2D eigenvalue weighted by Crippen LogP contribution is 2.28. The summed E-state index contributed by atoms with van der Waals surface area (Å²) in [5.74, 6) is 2.52. The highest BCUT2D eigenvalue weighted by atomic mass is 16.5. The van der Waals surface area contributed by atoms with Gasteiger partial charge in [-0.3, -0.25) is 0 Å². The Hall–Kier alpha value is -4.19. The Kier molecular flexibility index (Phi) is 5.02. The van der Waals surface area contributed by atoms with Crippen LogP contribution in [-0.4, -0.2) is 22.2 Å². The van der Waals surface area contributed by atoms with E-state index in [1.165, 1.54) is 0 Å². The summed E-state index contributed by atoms with van der Waals surface area (Å²) in [7, 11) is 1.64. The molecule has 2 heterocycles. The van der Waals surface area contributed by atoms with Crippen molar-refractivity contribution in [2.24, 2.45) is 0 Å². The predicted molar refractivity (Wildman–Crippen MR) is 118 cm³/mol. The minimum absolute atomic E-state index is 0.207.